The van der Waals surface area contributed by atoms with Gasteiger partial charge in [-0.05, 0) is 36.4 Å². The second kappa shape index (κ2) is 8.53. The lowest BCUT2D eigenvalue weighted by Crippen LogP contribution is -2.27. The molecule has 0 saturated heterocycles. The van der Waals surface area contributed by atoms with E-state index >= 15 is 0 Å². The summed E-state index contributed by atoms with van der Waals surface area (Å²) in [4.78, 5) is 16.3. The van der Waals surface area contributed by atoms with Gasteiger partial charge < -0.3 is 4.57 Å². The summed E-state index contributed by atoms with van der Waals surface area (Å²) in [6, 6.07) is 12.7. The first-order valence-corrected chi connectivity index (χ1v) is 10.0. The Balaban J connectivity index is 1.59. The predicted molar refractivity (Wildman–Crippen MR) is 116 cm³/mol. The molecular weight excluding hydrogens is 358 g/mol. The molecule has 0 aliphatic carbocycles. The van der Waals surface area contributed by atoms with Gasteiger partial charge in [0, 0.05) is 57.1 Å². The van der Waals surface area contributed by atoms with Gasteiger partial charge in [-0.1, -0.05) is 30.3 Å². The molecule has 4 aromatic rings. The summed E-state index contributed by atoms with van der Waals surface area (Å²) < 4.78 is 2.00. The molecule has 0 aliphatic rings. The predicted octanol–water partition coefficient (Wildman–Crippen LogP) is 4.23. The molecule has 1 aromatic carbocycles. The number of aryl methyl sites for hydroxylation is 3. The molecule has 0 amide bonds. The van der Waals surface area contributed by atoms with Crippen LogP contribution in [0.4, 0.5) is 0 Å². The standard InChI is InChI=1S/C24H27N5/c1-18-12-19(2)23(26-13-18)15-29(11-9-21-14-28(3)17-27-21)16-24-22-7-5-4-6-20(22)8-10-25-24/h4-8,10,12-14,17H,9,11,15-16H2,1-3H3. The van der Waals surface area contributed by atoms with Crippen molar-refractivity contribution < 1.29 is 0 Å². The van der Waals surface area contributed by atoms with E-state index in [9.17, 15) is 0 Å². The van der Waals surface area contributed by atoms with Gasteiger partial charge in [0.25, 0.3) is 0 Å². The van der Waals surface area contributed by atoms with E-state index in [2.05, 4.69) is 66.3 Å². The summed E-state index contributed by atoms with van der Waals surface area (Å²) in [5.74, 6) is 0. The van der Waals surface area contributed by atoms with E-state index in [0.717, 1.165) is 43.1 Å². The monoisotopic (exact) mass is 385 g/mol. The summed E-state index contributed by atoms with van der Waals surface area (Å²) in [6.45, 7) is 6.70. The van der Waals surface area contributed by atoms with Crippen LogP contribution in [0.25, 0.3) is 10.8 Å². The van der Waals surface area contributed by atoms with Crippen LogP contribution in [0.5, 0.6) is 0 Å². The molecule has 0 N–H and O–H groups in total. The number of benzene rings is 1. The van der Waals surface area contributed by atoms with Crippen LogP contribution in [0.15, 0.2) is 61.3 Å². The number of rotatable bonds is 7. The van der Waals surface area contributed by atoms with E-state index in [-0.39, 0.29) is 0 Å². The van der Waals surface area contributed by atoms with Crippen LogP contribution in [-0.2, 0) is 26.6 Å². The number of imidazole rings is 1. The highest BCUT2D eigenvalue weighted by atomic mass is 15.1. The highest BCUT2D eigenvalue weighted by Crippen LogP contribution is 2.19. The molecule has 0 saturated carbocycles. The number of aromatic nitrogens is 4. The fourth-order valence-electron chi connectivity index (χ4n) is 3.72. The van der Waals surface area contributed by atoms with Crippen LogP contribution in [-0.4, -0.2) is 31.0 Å². The molecule has 0 aliphatic heterocycles. The first-order valence-electron chi connectivity index (χ1n) is 10.0. The molecule has 0 fully saturated rings. The lowest BCUT2D eigenvalue weighted by Gasteiger charge is -2.23. The number of pyridine rings is 2. The van der Waals surface area contributed by atoms with Crippen molar-refractivity contribution in [2.24, 2.45) is 7.05 Å². The van der Waals surface area contributed by atoms with Crippen molar-refractivity contribution in [2.45, 2.75) is 33.4 Å². The Morgan fingerprint density at radius 3 is 2.59 bits per heavy atom. The molecule has 0 unspecified atom stereocenters. The van der Waals surface area contributed by atoms with Gasteiger partial charge in [0.1, 0.15) is 0 Å². The Morgan fingerprint density at radius 1 is 0.966 bits per heavy atom. The van der Waals surface area contributed by atoms with Gasteiger partial charge in [-0.15, -0.1) is 0 Å². The van der Waals surface area contributed by atoms with E-state index in [1.54, 1.807) is 0 Å². The van der Waals surface area contributed by atoms with Crippen LogP contribution in [0.1, 0.15) is 28.2 Å². The van der Waals surface area contributed by atoms with E-state index in [4.69, 9.17) is 9.97 Å². The quantitative estimate of drug-likeness (QED) is 0.478. The van der Waals surface area contributed by atoms with Gasteiger partial charge in [0.05, 0.1) is 23.4 Å². The first-order chi connectivity index (χ1) is 14.1. The molecule has 3 aromatic heterocycles. The molecule has 5 heteroatoms. The number of fused-ring (bicyclic) bond motifs is 1. The molecule has 3 heterocycles. The van der Waals surface area contributed by atoms with Crippen LogP contribution in [0.3, 0.4) is 0 Å². The molecule has 4 rings (SSSR count). The van der Waals surface area contributed by atoms with Gasteiger partial charge >= 0.3 is 0 Å². The highest BCUT2D eigenvalue weighted by molar-refractivity contribution is 5.84. The Labute approximate surface area is 172 Å². The van der Waals surface area contributed by atoms with Crippen molar-refractivity contribution >= 4 is 10.8 Å². The molecule has 148 valence electrons. The molecule has 0 bridgehead atoms. The summed E-state index contributed by atoms with van der Waals surface area (Å²) in [5, 5.41) is 2.44. The van der Waals surface area contributed by atoms with Gasteiger partial charge in [0.2, 0.25) is 0 Å². The summed E-state index contributed by atoms with van der Waals surface area (Å²) in [6.07, 6.45) is 8.71. The normalized spacial score (nSPS) is 11.4. The zero-order valence-electron chi connectivity index (χ0n) is 17.3. The van der Waals surface area contributed by atoms with Crippen molar-refractivity contribution in [2.75, 3.05) is 6.54 Å². The second-order valence-electron chi connectivity index (χ2n) is 7.75. The maximum absolute atomic E-state index is 4.70. The largest absolute Gasteiger partial charge is 0.340 e. The van der Waals surface area contributed by atoms with Crippen molar-refractivity contribution in [3.05, 3.63) is 89.5 Å². The Kier molecular flexibility index (Phi) is 5.67. The maximum Gasteiger partial charge on any atom is 0.0946 e. The average Bonchev–Trinajstić information content (AvgIpc) is 3.13. The molecule has 5 nitrogen and oxygen atoms in total. The number of nitrogens with zero attached hydrogens (tertiary/aromatic N) is 5. The van der Waals surface area contributed by atoms with Crippen molar-refractivity contribution in [1.29, 1.82) is 0 Å². The van der Waals surface area contributed by atoms with E-state index in [0.29, 0.717) is 0 Å². The van der Waals surface area contributed by atoms with Gasteiger partial charge in [-0.3, -0.25) is 14.9 Å². The Bertz CT molecular complexity index is 1110. The van der Waals surface area contributed by atoms with Crippen molar-refractivity contribution in [3.63, 3.8) is 0 Å². The lowest BCUT2D eigenvalue weighted by atomic mass is 10.1. The van der Waals surface area contributed by atoms with Crippen LogP contribution >= 0.6 is 0 Å². The van der Waals surface area contributed by atoms with Crippen molar-refractivity contribution in [1.82, 2.24) is 24.4 Å². The molecule has 0 spiro atoms. The second-order valence-corrected chi connectivity index (χ2v) is 7.75. The zero-order chi connectivity index (χ0) is 20.2. The summed E-state index contributed by atoms with van der Waals surface area (Å²) in [5.41, 5.74) is 5.77. The Morgan fingerprint density at radius 2 is 1.79 bits per heavy atom. The minimum Gasteiger partial charge on any atom is -0.340 e. The fraction of sp³-hybridized carbons (Fsp3) is 0.292. The third kappa shape index (κ3) is 4.69. The highest BCUT2D eigenvalue weighted by Gasteiger charge is 2.13. The van der Waals surface area contributed by atoms with E-state index in [1.165, 1.54) is 21.9 Å². The zero-order valence-corrected chi connectivity index (χ0v) is 17.3. The van der Waals surface area contributed by atoms with Crippen LogP contribution in [0, 0.1) is 13.8 Å². The maximum atomic E-state index is 4.70. The number of hydrogen-bond acceptors (Lipinski definition) is 4. The summed E-state index contributed by atoms with van der Waals surface area (Å²) in [7, 11) is 2.01. The molecule has 0 radical (unpaired) electrons. The first kappa shape index (κ1) is 19.3. The van der Waals surface area contributed by atoms with Crippen LogP contribution < -0.4 is 0 Å². The topological polar surface area (TPSA) is 46.8 Å². The van der Waals surface area contributed by atoms with Gasteiger partial charge in [-0.25, -0.2) is 4.98 Å². The average molecular weight is 386 g/mol. The van der Waals surface area contributed by atoms with Gasteiger partial charge in [0.15, 0.2) is 0 Å². The molecular formula is C24H27N5. The summed E-state index contributed by atoms with van der Waals surface area (Å²) >= 11 is 0. The third-order valence-corrected chi connectivity index (χ3v) is 5.27. The van der Waals surface area contributed by atoms with Crippen LogP contribution in [0.2, 0.25) is 0 Å². The van der Waals surface area contributed by atoms with Crippen molar-refractivity contribution in [3.8, 4) is 0 Å². The molecule has 0 atom stereocenters. The molecule has 29 heavy (non-hydrogen) atoms. The smallest absolute Gasteiger partial charge is 0.0946 e. The Hall–Kier alpha value is -3.05. The SMILES string of the molecule is Cc1cnc(CN(CCc2cn(C)cn2)Cc2nccc3ccccc23)c(C)c1. The minimum absolute atomic E-state index is 0.781. The number of hydrogen-bond donors (Lipinski definition) is 0. The lowest BCUT2D eigenvalue weighted by molar-refractivity contribution is 0.253. The van der Waals surface area contributed by atoms with E-state index in [1.807, 2.05) is 30.3 Å². The van der Waals surface area contributed by atoms with E-state index < -0.39 is 0 Å². The van der Waals surface area contributed by atoms with Gasteiger partial charge in [-0.2, -0.15) is 0 Å². The minimum atomic E-state index is 0.781. The third-order valence-electron chi connectivity index (χ3n) is 5.27. The fourth-order valence-corrected chi connectivity index (χ4v) is 3.72.